The summed E-state index contributed by atoms with van der Waals surface area (Å²) in [7, 11) is 0. The van der Waals surface area contributed by atoms with Crippen molar-refractivity contribution in [3.05, 3.63) is 68.4 Å². The van der Waals surface area contributed by atoms with E-state index < -0.39 is 34.4 Å². The van der Waals surface area contributed by atoms with E-state index in [2.05, 4.69) is 21.2 Å². The molecule has 2 aromatic carbocycles. The van der Waals surface area contributed by atoms with E-state index in [9.17, 15) is 24.1 Å². The Morgan fingerprint density at radius 3 is 2.48 bits per heavy atom. The number of rotatable bonds is 5. The second-order valence-electron chi connectivity index (χ2n) is 4.97. The number of amides is 1. The number of carbonyl (C=O) groups is 2. The molecule has 0 heterocycles. The summed E-state index contributed by atoms with van der Waals surface area (Å²) < 4.78 is 19.1. The number of ether oxygens (including phenoxy) is 1. The Hall–Kier alpha value is -2.81. The van der Waals surface area contributed by atoms with E-state index in [-0.39, 0.29) is 11.3 Å². The fraction of sp³-hybridized carbons (Fsp3) is 0.125. The standard InChI is InChI=1S/C16H12BrFN2O5/c1-9(25-16(22)10-2-4-11(17)5-3-10)15(21)19-12-6-7-13(18)14(8-12)20(23)24/h2-9H,1H3,(H,19,21)/t9-/m1/s1. The van der Waals surface area contributed by atoms with Gasteiger partial charge in [-0.15, -0.1) is 0 Å². The molecule has 9 heteroatoms. The van der Waals surface area contributed by atoms with Crippen molar-refractivity contribution in [1.82, 2.24) is 0 Å². The van der Waals surface area contributed by atoms with E-state index in [0.717, 1.165) is 16.6 Å². The number of hydrogen-bond donors (Lipinski definition) is 1. The molecule has 0 spiro atoms. The van der Waals surface area contributed by atoms with Gasteiger partial charge in [-0.05, 0) is 43.3 Å². The maximum Gasteiger partial charge on any atom is 0.338 e. The van der Waals surface area contributed by atoms with Crippen LogP contribution in [0.5, 0.6) is 0 Å². The molecule has 0 aromatic heterocycles. The van der Waals surface area contributed by atoms with Gasteiger partial charge in [0.2, 0.25) is 5.82 Å². The zero-order valence-electron chi connectivity index (χ0n) is 12.9. The Morgan fingerprint density at radius 2 is 1.88 bits per heavy atom. The minimum atomic E-state index is -1.15. The zero-order valence-corrected chi connectivity index (χ0v) is 14.4. The zero-order chi connectivity index (χ0) is 18.6. The highest BCUT2D eigenvalue weighted by Gasteiger charge is 2.21. The first kappa shape index (κ1) is 18.5. The summed E-state index contributed by atoms with van der Waals surface area (Å²) >= 11 is 3.24. The van der Waals surface area contributed by atoms with Crippen molar-refractivity contribution >= 4 is 39.2 Å². The SMILES string of the molecule is C[C@@H](OC(=O)c1ccc(Br)cc1)C(=O)Nc1ccc(F)c([N+](=O)[O-])c1. The first-order valence-electron chi connectivity index (χ1n) is 6.99. The van der Waals surface area contributed by atoms with Gasteiger partial charge >= 0.3 is 11.7 Å². The fourth-order valence-corrected chi connectivity index (χ4v) is 2.11. The molecule has 1 atom stereocenters. The third kappa shape index (κ3) is 4.83. The minimum Gasteiger partial charge on any atom is -0.449 e. The van der Waals surface area contributed by atoms with Gasteiger partial charge in [-0.3, -0.25) is 14.9 Å². The number of benzene rings is 2. The van der Waals surface area contributed by atoms with Gasteiger partial charge in [0.1, 0.15) is 0 Å². The monoisotopic (exact) mass is 410 g/mol. The Morgan fingerprint density at radius 1 is 1.24 bits per heavy atom. The Kier molecular flexibility index (Phi) is 5.81. The predicted octanol–water partition coefficient (Wildman–Crippen LogP) is 3.68. The van der Waals surface area contributed by atoms with Gasteiger partial charge in [-0.2, -0.15) is 4.39 Å². The van der Waals surface area contributed by atoms with E-state index in [0.29, 0.717) is 0 Å². The number of carbonyl (C=O) groups excluding carboxylic acids is 2. The molecule has 7 nitrogen and oxygen atoms in total. The number of nitro groups is 1. The van der Waals surface area contributed by atoms with E-state index in [1.54, 1.807) is 12.1 Å². The quantitative estimate of drug-likeness (QED) is 0.460. The molecule has 0 saturated heterocycles. The van der Waals surface area contributed by atoms with Crippen LogP contribution in [0.4, 0.5) is 15.8 Å². The van der Waals surface area contributed by atoms with Crippen molar-refractivity contribution in [1.29, 1.82) is 0 Å². The lowest BCUT2D eigenvalue weighted by atomic mass is 10.2. The summed E-state index contributed by atoms with van der Waals surface area (Å²) in [5.41, 5.74) is -0.484. The summed E-state index contributed by atoms with van der Waals surface area (Å²) in [6.07, 6.45) is -1.15. The summed E-state index contributed by atoms with van der Waals surface area (Å²) in [6, 6.07) is 9.28. The molecule has 25 heavy (non-hydrogen) atoms. The van der Waals surface area contributed by atoms with Crippen molar-refractivity contribution in [3.8, 4) is 0 Å². The summed E-state index contributed by atoms with van der Waals surface area (Å²) in [5, 5.41) is 13.0. The van der Waals surface area contributed by atoms with E-state index >= 15 is 0 Å². The molecule has 0 aliphatic rings. The van der Waals surface area contributed by atoms with E-state index in [4.69, 9.17) is 4.74 Å². The Labute approximate surface area is 150 Å². The number of nitrogens with one attached hydrogen (secondary N) is 1. The van der Waals surface area contributed by atoms with Crippen molar-refractivity contribution in [2.45, 2.75) is 13.0 Å². The molecule has 0 fully saturated rings. The summed E-state index contributed by atoms with van der Waals surface area (Å²) in [6.45, 7) is 1.35. The number of nitrogens with zero attached hydrogens (tertiary/aromatic N) is 1. The van der Waals surface area contributed by atoms with Crippen LogP contribution in [0, 0.1) is 15.9 Å². The minimum absolute atomic E-state index is 0.0182. The molecule has 2 aromatic rings. The van der Waals surface area contributed by atoms with Crippen LogP contribution in [0.3, 0.4) is 0 Å². The molecule has 0 bridgehead atoms. The van der Waals surface area contributed by atoms with Gasteiger partial charge in [0.15, 0.2) is 6.10 Å². The number of esters is 1. The van der Waals surface area contributed by atoms with Crippen LogP contribution >= 0.6 is 15.9 Å². The lowest BCUT2D eigenvalue weighted by Gasteiger charge is -2.13. The molecule has 0 radical (unpaired) electrons. The van der Waals surface area contributed by atoms with Gasteiger partial charge in [-0.1, -0.05) is 15.9 Å². The van der Waals surface area contributed by atoms with Crippen molar-refractivity contribution in [2.24, 2.45) is 0 Å². The van der Waals surface area contributed by atoms with Crippen LogP contribution in [0.1, 0.15) is 17.3 Å². The van der Waals surface area contributed by atoms with Gasteiger partial charge in [-0.25, -0.2) is 4.79 Å². The molecule has 1 N–H and O–H groups in total. The van der Waals surface area contributed by atoms with Gasteiger partial charge in [0, 0.05) is 16.2 Å². The average Bonchev–Trinajstić information content (AvgIpc) is 2.56. The topological polar surface area (TPSA) is 98.5 Å². The normalized spacial score (nSPS) is 11.5. The highest BCUT2D eigenvalue weighted by Crippen LogP contribution is 2.22. The maximum absolute atomic E-state index is 13.3. The smallest absolute Gasteiger partial charge is 0.338 e. The Bertz CT molecular complexity index is 826. The molecule has 0 aliphatic carbocycles. The second kappa shape index (κ2) is 7.84. The molecular weight excluding hydrogens is 399 g/mol. The van der Waals surface area contributed by atoms with Gasteiger partial charge in [0.05, 0.1) is 10.5 Å². The van der Waals surface area contributed by atoms with Crippen LogP contribution in [-0.4, -0.2) is 22.9 Å². The summed E-state index contributed by atoms with van der Waals surface area (Å²) in [4.78, 5) is 33.8. The fourth-order valence-electron chi connectivity index (χ4n) is 1.84. The van der Waals surface area contributed by atoms with Crippen LogP contribution in [0.15, 0.2) is 46.9 Å². The highest BCUT2D eigenvalue weighted by molar-refractivity contribution is 9.10. The van der Waals surface area contributed by atoms with Crippen LogP contribution in [-0.2, 0) is 9.53 Å². The number of nitro benzene ring substituents is 1. The van der Waals surface area contributed by atoms with E-state index in [1.807, 2.05) is 0 Å². The van der Waals surface area contributed by atoms with Crippen LogP contribution in [0.25, 0.3) is 0 Å². The third-order valence-corrected chi connectivity index (χ3v) is 3.67. The number of hydrogen-bond acceptors (Lipinski definition) is 5. The molecule has 0 aliphatic heterocycles. The Balaban J connectivity index is 2.03. The average molecular weight is 411 g/mol. The van der Waals surface area contributed by atoms with Gasteiger partial charge < -0.3 is 10.1 Å². The first-order valence-corrected chi connectivity index (χ1v) is 7.78. The third-order valence-electron chi connectivity index (χ3n) is 3.14. The summed E-state index contributed by atoms with van der Waals surface area (Å²) in [5.74, 6) is -2.41. The van der Waals surface area contributed by atoms with Gasteiger partial charge in [0.25, 0.3) is 5.91 Å². The first-order chi connectivity index (χ1) is 11.8. The molecule has 0 unspecified atom stereocenters. The van der Waals surface area contributed by atoms with Crippen molar-refractivity contribution in [2.75, 3.05) is 5.32 Å². The number of halogens is 2. The van der Waals surface area contributed by atoms with Crippen LogP contribution in [0.2, 0.25) is 0 Å². The van der Waals surface area contributed by atoms with Crippen molar-refractivity contribution < 1.29 is 23.6 Å². The number of anilines is 1. The second-order valence-corrected chi connectivity index (χ2v) is 5.88. The van der Waals surface area contributed by atoms with E-state index in [1.165, 1.54) is 25.1 Å². The molecule has 0 saturated carbocycles. The van der Waals surface area contributed by atoms with Crippen molar-refractivity contribution in [3.63, 3.8) is 0 Å². The lowest BCUT2D eigenvalue weighted by Crippen LogP contribution is -2.30. The van der Waals surface area contributed by atoms with Crippen LogP contribution < -0.4 is 5.32 Å². The molecular formula is C16H12BrFN2O5. The molecule has 1 amide bonds. The molecule has 130 valence electrons. The highest BCUT2D eigenvalue weighted by atomic mass is 79.9. The predicted molar refractivity (Wildman–Crippen MR) is 90.7 cm³/mol. The maximum atomic E-state index is 13.3. The lowest BCUT2D eigenvalue weighted by molar-refractivity contribution is -0.387. The largest absolute Gasteiger partial charge is 0.449 e. The molecule has 2 rings (SSSR count).